The van der Waals surface area contributed by atoms with Crippen molar-refractivity contribution in [2.45, 2.75) is 65.0 Å². The van der Waals surface area contributed by atoms with Gasteiger partial charge in [0.25, 0.3) is 0 Å². The first-order chi connectivity index (χ1) is 6.93. The molecule has 2 heteroatoms. The van der Waals surface area contributed by atoms with Crippen molar-refractivity contribution in [1.29, 1.82) is 0 Å². The highest BCUT2D eigenvalue weighted by molar-refractivity contribution is 4.83. The average Bonchev–Trinajstić information content (AvgIpc) is 2.31. The molecule has 1 heterocycles. The van der Waals surface area contributed by atoms with E-state index in [1.165, 1.54) is 25.7 Å². The minimum Gasteiger partial charge on any atom is -0.389 e. The topological polar surface area (TPSA) is 23.5 Å². The molecule has 2 atom stereocenters. The van der Waals surface area contributed by atoms with Gasteiger partial charge in [-0.2, -0.15) is 0 Å². The quantitative estimate of drug-likeness (QED) is 0.779. The maximum Gasteiger partial charge on any atom is 0.0768 e. The molecule has 0 aromatic heterocycles. The van der Waals surface area contributed by atoms with E-state index in [0.717, 1.165) is 13.1 Å². The van der Waals surface area contributed by atoms with E-state index in [9.17, 15) is 5.11 Å². The molecule has 1 aliphatic rings. The predicted octanol–water partition coefficient (Wildman–Crippen LogP) is 2.66. The Bertz CT molecular complexity index is 189. The second-order valence-electron chi connectivity index (χ2n) is 5.68. The summed E-state index contributed by atoms with van der Waals surface area (Å²) < 4.78 is 0. The highest BCUT2D eigenvalue weighted by Gasteiger charge is 2.29. The Labute approximate surface area is 94.7 Å². The molecule has 2 unspecified atom stereocenters. The van der Waals surface area contributed by atoms with Gasteiger partial charge in [-0.1, -0.05) is 26.7 Å². The maximum atomic E-state index is 10.3. The number of aliphatic hydroxyl groups is 1. The molecule has 2 nitrogen and oxygen atoms in total. The molecule has 0 saturated carbocycles. The normalized spacial score (nSPS) is 28.8. The van der Waals surface area contributed by atoms with Crippen LogP contribution in [0.15, 0.2) is 0 Å². The van der Waals surface area contributed by atoms with Gasteiger partial charge in [0.1, 0.15) is 0 Å². The van der Waals surface area contributed by atoms with Gasteiger partial charge in [0.2, 0.25) is 0 Å². The molecule has 1 saturated heterocycles. The molecule has 1 aliphatic heterocycles. The van der Waals surface area contributed by atoms with Crippen molar-refractivity contribution >= 4 is 0 Å². The first-order valence-electron chi connectivity index (χ1n) is 6.40. The highest BCUT2D eigenvalue weighted by Crippen LogP contribution is 2.22. The van der Waals surface area contributed by atoms with E-state index in [2.05, 4.69) is 25.7 Å². The minimum atomic E-state index is -0.543. The minimum absolute atomic E-state index is 0.327. The van der Waals surface area contributed by atoms with Crippen LogP contribution >= 0.6 is 0 Å². The van der Waals surface area contributed by atoms with Crippen molar-refractivity contribution in [3.63, 3.8) is 0 Å². The fraction of sp³-hybridized carbons (Fsp3) is 1.00. The van der Waals surface area contributed by atoms with Crippen LogP contribution in [0.1, 0.15) is 53.4 Å². The monoisotopic (exact) mass is 213 g/mol. The summed E-state index contributed by atoms with van der Waals surface area (Å²) in [7, 11) is 0. The number of β-amino-alcohol motifs (C(OH)–C–C–N with tert-alkyl or cyclic N) is 1. The Hall–Kier alpha value is -0.0800. The Morgan fingerprint density at radius 3 is 2.60 bits per heavy atom. The third-order valence-corrected chi connectivity index (χ3v) is 3.96. The van der Waals surface area contributed by atoms with E-state index < -0.39 is 5.60 Å². The Morgan fingerprint density at radius 1 is 1.33 bits per heavy atom. The van der Waals surface area contributed by atoms with E-state index >= 15 is 0 Å². The molecule has 0 bridgehead atoms. The zero-order valence-corrected chi connectivity index (χ0v) is 10.8. The first kappa shape index (κ1) is 13.0. The highest BCUT2D eigenvalue weighted by atomic mass is 16.3. The lowest BCUT2D eigenvalue weighted by molar-refractivity contribution is -0.0268. The van der Waals surface area contributed by atoms with Gasteiger partial charge in [-0.05, 0) is 39.2 Å². The molecule has 1 fully saturated rings. The number of nitrogens with zero attached hydrogens (tertiary/aromatic N) is 1. The second-order valence-corrected chi connectivity index (χ2v) is 5.68. The fourth-order valence-electron chi connectivity index (χ4n) is 2.16. The molecule has 0 aromatic rings. The van der Waals surface area contributed by atoms with Gasteiger partial charge >= 0.3 is 0 Å². The van der Waals surface area contributed by atoms with Crippen molar-refractivity contribution < 1.29 is 5.11 Å². The van der Waals surface area contributed by atoms with Crippen molar-refractivity contribution in [2.75, 3.05) is 13.1 Å². The van der Waals surface area contributed by atoms with E-state index in [-0.39, 0.29) is 0 Å². The van der Waals surface area contributed by atoms with Crippen LogP contribution in [0, 0.1) is 5.92 Å². The Balaban J connectivity index is 2.54. The molecule has 90 valence electrons. The maximum absolute atomic E-state index is 10.3. The summed E-state index contributed by atoms with van der Waals surface area (Å²) >= 11 is 0. The largest absolute Gasteiger partial charge is 0.389 e. The molecule has 0 spiro atoms. The number of hydrogen-bond donors (Lipinski definition) is 1. The third-order valence-electron chi connectivity index (χ3n) is 3.96. The van der Waals surface area contributed by atoms with Gasteiger partial charge < -0.3 is 5.11 Å². The average molecular weight is 213 g/mol. The van der Waals surface area contributed by atoms with E-state index in [0.29, 0.717) is 12.0 Å². The van der Waals surface area contributed by atoms with Gasteiger partial charge in [0.05, 0.1) is 5.60 Å². The van der Waals surface area contributed by atoms with Crippen molar-refractivity contribution in [2.24, 2.45) is 5.92 Å². The Morgan fingerprint density at radius 2 is 2.00 bits per heavy atom. The van der Waals surface area contributed by atoms with Crippen LogP contribution in [0.4, 0.5) is 0 Å². The summed E-state index contributed by atoms with van der Waals surface area (Å²) in [6.45, 7) is 10.4. The molecule has 0 aliphatic carbocycles. The van der Waals surface area contributed by atoms with Gasteiger partial charge in [-0.15, -0.1) is 0 Å². The van der Waals surface area contributed by atoms with Gasteiger partial charge in [0, 0.05) is 12.6 Å². The molecule has 0 aromatic carbocycles. The van der Waals surface area contributed by atoms with Crippen molar-refractivity contribution in [3.05, 3.63) is 0 Å². The lowest BCUT2D eigenvalue weighted by Gasteiger charge is -2.36. The summed E-state index contributed by atoms with van der Waals surface area (Å²) in [6.07, 6.45) is 5.28. The lowest BCUT2D eigenvalue weighted by atomic mass is 9.91. The third kappa shape index (κ3) is 3.76. The zero-order valence-electron chi connectivity index (χ0n) is 10.8. The smallest absolute Gasteiger partial charge is 0.0768 e. The molecular formula is C13H27NO. The second kappa shape index (κ2) is 5.31. The fourth-order valence-corrected chi connectivity index (χ4v) is 2.16. The molecule has 15 heavy (non-hydrogen) atoms. The van der Waals surface area contributed by atoms with Crippen LogP contribution in [0.5, 0.6) is 0 Å². The molecule has 0 amide bonds. The van der Waals surface area contributed by atoms with E-state index in [4.69, 9.17) is 0 Å². The molecule has 0 radical (unpaired) electrons. The van der Waals surface area contributed by atoms with E-state index in [1.807, 2.05) is 6.92 Å². The predicted molar refractivity (Wildman–Crippen MR) is 65.0 cm³/mol. The standard InChI is InChI=1S/C13H27NO/c1-11(2)13(4,15)10-14-9-7-5-6-8-12(14)3/h11-12,15H,5-10H2,1-4H3. The molecule has 1 rings (SSSR count). The summed E-state index contributed by atoms with van der Waals surface area (Å²) in [4.78, 5) is 2.47. The molecule has 1 N–H and O–H groups in total. The van der Waals surface area contributed by atoms with E-state index in [1.54, 1.807) is 0 Å². The van der Waals surface area contributed by atoms with Gasteiger partial charge in [0.15, 0.2) is 0 Å². The van der Waals surface area contributed by atoms with Crippen LogP contribution in [0.25, 0.3) is 0 Å². The first-order valence-corrected chi connectivity index (χ1v) is 6.40. The van der Waals surface area contributed by atoms with Crippen molar-refractivity contribution in [3.8, 4) is 0 Å². The number of rotatable bonds is 3. The summed E-state index contributed by atoms with van der Waals surface area (Å²) in [5, 5.41) is 10.3. The van der Waals surface area contributed by atoms with Crippen LogP contribution in [0.3, 0.4) is 0 Å². The number of likely N-dealkylation sites (tertiary alicyclic amines) is 1. The van der Waals surface area contributed by atoms with Gasteiger partial charge in [-0.25, -0.2) is 0 Å². The SMILES string of the molecule is CC1CCCCCN1CC(C)(O)C(C)C. The zero-order chi connectivity index (χ0) is 11.5. The van der Waals surface area contributed by atoms with Crippen LogP contribution in [-0.2, 0) is 0 Å². The summed E-state index contributed by atoms with van der Waals surface area (Å²) in [6, 6.07) is 0.637. The Kier molecular flexibility index (Phi) is 4.60. The lowest BCUT2D eigenvalue weighted by Crippen LogP contribution is -2.47. The summed E-state index contributed by atoms with van der Waals surface area (Å²) in [5.74, 6) is 0.327. The van der Waals surface area contributed by atoms with Crippen LogP contribution in [0.2, 0.25) is 0 Å². The van der Waals surface area contributed by atoms with Crippen LogP contribution in [-0.4, -0.2) is 34.7 Å². The number of hydrogen-bond acceptors (Lipinski definition) is 2. The molecular weight excluding hydrogens is 186 g/mol. The summed E-state index contributed by atoms with van der Waals surface area (Å²) in [5.41, 5.74) is -0.543. The van der Waals surface area contributed by atoms with Gasteiger partial charge in [-0.3, -0.25) is 4.90 Å². The van der Waals surface area contributed by atoms with Crippen LogP contribution < -0.4 is 0 Å². The van der Waals surface area contributed by atoms with Crippen molar-refractivity contribution in [1.82, 2.24) is 4.90 Å².